The highest BCUT2D eigenvalue weighted by Gasteiger charge is 2.46. The van der Waals surface area contributed by atoms with Crippen molar-refractivity contribution in [2.45, 2.75) is 45.2 Å². The third kappa shape index (κ3) is 3.69. The Morgan fingerprint density at radius 3 is 2.52 bits per heavy atom. The SMILES string of the molecule is Cc1ccccc1CN1CCC2(CC1)CC(NC(=O)N(C)C)C2. The number of likely N-dealkylation sites (tertiary alicyclic amines) is 1. The van der Waals surface area contributed by atoms with Crippen LogP contribution in [0.4, 0.5) is 4.79 Å². The van der Waals surface area contributed by atoms with Crippen LogP contribution in [0.3, 0.4) is 0 Å². The first-order valence-corrected chi connectivity index (χ1v) is 8.72. The molecular formula is C19H29N3O. The molecule has 0 radical (unpaired) electrons. The van der Waals surface area contributed by atoms with Gasteiger partial charge < -0.3 is 10.2 Å². The maximum atomic E-state index is 11.7. The standard InChI is InChI=1S/C19H29N3O/c1-15-6-4-5-7-16(15)14-22-10-8-19(9-11-22)12-17(13-19)20-18(23)21(2)3/h4-7,17H,8-14H2,1-3H3,(H,20,23). The molecule has 1 saturated heterocycles. The van der Waals surface area contributed by atoms with Crippen molar-refractivity contribution in [3.05, 3.63) is 35.4 Å². The van der Waals surface area contributed by atoms with E-state index in [4.69, 9.17) is 0 Å². The summed E-state index contributed by atoms with van der Waals surface area (Å²) in [4.78, 5) is 15.9. The highest BCUT2D eigenvalue weighted by Crippen LogP contribution is 2.49. The van der Waals surface area contributed by atoms with Gasteiger partial charge >= 0.3 is 6.03 Å². The van der Waals surface area contributed by atoms with Gasteiger partial charge in [0.25, 0.3) is 0 Å². The molecule has 0 atom stereocenters. The number of nitrogens with zero attached hydrogens (tertiary/aromatic N) is 2. The van der Waals surface area contributed by atoms with Crippen LogP contribution in [-0.2, 0) is 6.54 Å². The van der Waals surface area contributed by atoms with Crippen molar-refractivity contribution in [1.82, 2.24) is 15.1 Å². The molecule has 126 valence electrons. The normalized spacial score (nSPS) is 21.0. The molecular weight excluding hydrogens is 286 g/mol. The fourth-order valence-electron chi connectivity index (χ4n) is 4.01. The molecule has 3 rings (SSSR count). The summed E-state index contributed by atoms with van der Waals surface area (Å²) >= 11 is 0. The Bertz CT molecular complexity index is 553. The lowest BCUT2D eigenvalue weighted by molar-refractivity contribution is 0.00632. The van der Waals surface area contributed by atoms with Gasteiger partial charge in [0.2, 0.25) is 0 Å². The van der Waals surface area contributed by atoms with Crippen molar-refractivity contribution in [2.24, 2.45) is 5.41 Å². The largest absolute Gasteiger partial charge is 0.335 e. The quantitative estimate of drug-likeness (QED) is 0.930. The van der Waals surface area contributed by atoms with Gasteiger partial charge in [-0.05, 0) is 62.2 Å². The van der Waals surface area contributed by atoms with Gasteiger partial charge in [-0.1, -0.05) is 24.3 Å². The van der Waals surface area contributed by atoms with Gasteiger partial charge in [0.15, 0.2) is 0 Å². The molecule has 1 aromatic rings. The van der Waals surface area contributed by atoms with Crippen LogP contribution in [0.25, 0.3) is 0 Å². The van der Waals surface area contributed by atoms with Gasteiger partial charge in [0.05, 0.1) is 0 Å². The molecule has 2 amide bonds. The highest BCUT2D eigenvalue weighted by atomic mass is 16.2. The first-order chi connectivity index (χ1) is 11.0. The Morgan fingerprint density at radius 2 is 1.91 bits per heavy atom. The van der Waals surface area contributed by atoms with E-state index in [1.165, 1.54) is 37.1 Å². The predicted molar refractivity (Wildman–Crippen MR) is 93.4 cm³/mol. The number of piperidine rings is 1. The molecule has 4 nitrogen and oxygen atoms in total. The highest BCUT2D eigenvalue weighted by molar-refractivity contribution is 5.74. The molecule has 2 fully saturated rings. The minimum atomic E-state index is 0.0434. The van der Waals surface area contributed by atoms with Crippen molar-refractivity contribution < 1.29 is 4.79 Å². The lowest BCUT2D eigenvalue weighted by Gasteiger charge is -2.52. The van der Waals surface area contributed by atoms with Crippen molar-refractivity contribution in [3.63, 3.8) is 0 Å². The van der Waals surface area contributed by atoms with Crippen LogP contribution in [0.15, 0.2) is 24.3 Å². The van der Waals surface area contributed by atoms with Crippen LogP contribution in [-0.4, -0.2) is 49.1 Å². The number of hydrogen-bond acceptors (Lipinski definition) is 2. The van der Waals surface area contributed by atoms with E-state index in [0.717, 1.165) is 19.4 Å². The maximum absolute atomic E-state index is 11.7. The zero-order chi connectivity index (χ0) is 16.4. The number of rotatable bonds is 3. The molecule has 2 aliphatic rings. The molecule has 4 heteroatoms. The molecule has 23 heavy (non-hydrogen) atoms. The van der Waals surface area contributed by atoms with E-state index >= 15 is 0 Å². The van der Waals surface area contributed by atoms with Crippen molar-refractivity contribution >= 4 is 6.03 Å². The minimum absolute atomic E-state index is 0.0434. The van der Waals surface area contributed by atoms with Gasteiger partial charge in [-0.25, -0.2) is 4.79 Å². The zero-order valence-corrected chi connectivity index (χ0v) is 14.6. The molecule has 1 spiro atoms. The minimum Gasteiger partial charge on any atom is -0.335 e. The Hall–Kier alpha value is -1.55. The molecule has 0 unspecified atom stereocenters. The third-order valence-corrected chi connectivity index (χ3v) is 5.66. The molecule has 1 heterocycles. The van der Waals surface area contributed by atoms with E-state index in [9.17, 15) is 4.79 Å². The molecule has 0 aromatic heterocycles. The number of amides is 2. The number of nitrogens with one attached hydrogen (secondary N) is 1. The van der Waals surface area contributed by atoms with Gasteiger partial charge in [0, 0.05) is 26.7 Å². The van der Waals surface area contributed by atoms with Crippen molar-refractivity contribution in [2.75, 3.05) is 27.2 Å². The van der Waals surface area contributed by atoms with E-state index in [0.29, 0.717) is 11.5 Å². The molecule has 1 saturated carbocycles. The fraction of sp³-hybridized carbons (Fsp3) is 0.632. The Labute approximate surface area is 139 Å². The summed E-state index contributed by atoms with van der Waals surface area (Å²) < 4.78 is 0. The zero-order valence-electron chi connectivity index (χ0n) is 14.6. The van der Waals surface area contributed by atoms with Gasteiger partial charge in [0.1, 0.15) is 0 Å². The van der Waals surface area contributed by atoms with Gasteiger partial charge in [-0.15, -0.1) is 0 Å². The fourth-order valence-corrected chi connectivity index (χ4v) is 4.01. The predicted octanol–water partition coefficient (Wildman–Crippen LogP) is 3.01. The van der Waals surface area contributed by atoms with Crippen molar-refractivity contribution in [1.29, 1.82) is 0 Å². The summed E-state index contributed by atoms with van der Waals surface area (Å²) in [5.74, 6) is 0. The number of urea groups is 1. The number of hydrogen-bond donors (Lipinski definition) is 1. The Morgan fingerprint density at radius 1 is 1.26 bits per heavy atom. The summed E-state index contributed by atoms with van der Waals surface area (Å²) in [6.45, 7) is 5.64. The van der Waals surface area contributed by atoms with E-state index in [1.54, 1.807) is 19.0 Å². The second-order valence-corrected chi connectivity index (χ2v) is 7.65. The lowest BCUT2D eigenvalue weighted by atomic mass is 9.60. The van der Waals surface area contributed by atoms with E-state index in [-0.39, 0.29) is 6.03 Å². The van der Waals surface area contributed by atoms with Gasteiger partial charge in [-0.3, -0.25) is 4.90 Å². The van der Waals surface area contributed by atoms with Crippen LogP contribution >= 0.6 is 0 Å². The molecule has 1 aliphatic heterocycles. The average molecular weight is 315 g/mol. The van der Waals surface area contributed by atoms with E-state index < -0.39 is 0 Å². The number of carbonyl (C=O) groups is 1. The molecule has 0 bridgehead atoms. The van der Waals surface area contributed by atoms with Crippen LogP contribution in [0.5, 0.6) is 0 Å². The van der Waals surface area contributed by atoms with Crippen LogP contribution in [0.1, 0.15) is 36.8 Å². The second kappa shape index (κ2) is 6.52. The summed E-state index contributed by atoms with van der Waals surface area (Å²) in [7, 11) is 3.60. The van der Waals surface area contributed by atoms with Gasteiger partial charge in [-0.2, -0.15) is 0 Å². The van der Waals surface area contributed by atoms with Crippen molar-refractivity contribution in [3.8, 4) is 0 Å². The second-order valence-electron chi connectivity index (χ2n) is 7.65. The first kappa shape index (κ1) is 16.3. The van der Waals surface area contributed by atoms with Crippen LogP contribution in [0, 0.1) is 12.3 Å². The lowest BCUT2D eigenvalue weighted by Crippen LogP contribution is -2.56. The number of aryl methyl sites for hydroxylation is 1. The maximum Gasteiger partial charge on any atom is 0.317 e. The number of benzene rings is 1. The summed E-state index contributed by atoms with van der Waals surface area (Å²) in [6.07, 6.45) is 4.86. The first-order valence-electron chi connectivity index (χ1n) is 8.72. The molecule has 1 aliphatic carbocycles. The van der Waals surface area contributed by atoms with E-state index in [2.05, 4.69) is 41.4 Å². The van der Waals surface area contributed by atoms with Crippen LogP contribution < -0.4 is 5.32 Å². The summed E-state index contributed by atoms with van der Waals surface area (Å²) in [5, 5.41) is 3.12. The van der Waals surface area contributed by atoms with Crippen LogP contribution in [0.2, 0.25) is 0 Å². The monoisotopic (exact) mass is 315 g/mol. The Kier molecular flexibility index (Phi) is 4.62. The summed E-state index contributed by atoms with van der Waals surface area (Å²) in [6, 6.07) is 9.12. The molecule has 1 N–H and O–H groups in total. The molecule has 1 aromatic carbocycles. The van der Waals surface area contributed by atoms with E-state index in [1.807, 2.05) is 0 Å². The topological polar surface area (TPSA) is 35.6 Å². The third-order valence-electron chi connectivity index (χ3n) is 5.66. The Balaban J connectivity index is 1.45. The smallest absolute Gasteiger partial charge is 0.317 e. The average Bonchev–Trinajstić information content (AvgIpc) is 2.49. The summed E-state index contributed by atoms with van der Waals surface area (Å²) in [5.41, 5.74) is 3.34. The number of carbonyl (C=O) groups excluding carboxylic acids is 1.